The van der Waals surface area contributed by atoms with Crippen LogP contribution in [-0.2, 0) is 4.74 Å². The number of unbranched alkanes of at least 4 members (excludes halogenated alkanes) is 7. The minimum Gasteiger partial charge on any atom is -0.459 e. The van der Waals surface area contributed by atoms with Gasteiger partial charge in [-0.15, -0.1) is 11.6 Å². The number of carbonyl (C=O) groups is 1. The summed E-state index contributed by atoms with van der Waals surface area (Å²) in [6.07, 6.45) is 12.8. The number of benzene rings is 1. The minimum absolute atomic E-state index is 0.0621. The van der Waals surface area contributed by atoms with E-state index in [-0.39, 0.29) is 12.1 Å². The number of ether oxygens (including phenoxy) is 1. The van der Waals surface area contributed by atoms with Crippen molar-refractivity contribution in [3.05, 3.63) is 35.9 Å². The van der Waals surface area contributed by atoms with E-state index in [1.165, 1.54) is 38.5 Å². The fraction of sp³-hybridized carbons (Fsp3) is 0.667. The van der Waals surface area contributed by atoms with Gasteiger partial charge in [0.1, 0.15) is 6.10 Å². The highest BCUT2D eigenvalue weighted by molar-refractivity contribution is 6.17. The van der Waals surface area contributed by atoms with Gasteiger partial charge in [-0.2, -0.15) is 0 Å². The second-order valence-corrected chi connectivity index (χ2v) is 6.87. The van der Waals surface area contributed by atoms with Crippen molar-refractivity contribution in [3.63, 3.8) is 0 Å². The summed E-state index contributed by atoms with van der Waals surface area (Å²) in [5, 5.41) is 0. The molecule has 0 amide bonds. The van der Waals surface area contributed by atoms with Gasteiger partial charge in [-0.05, 0) is 44.2 Å². The molecule has 24 heavy (non-hydrogen) atoms. The quantitative estimate of drug-likeness (QED) is 0.210. The van der Waals surface area contributed by atoms with Crippen molar-refractivity contribution in [2.45, 2.75) is 83.7 Å². The number of carbonyl (C=O) groups excluding carboxylic acids is 1. The molecule has 1 unspecified atom stereocenters. The molecule has 0 aromatic heterocycles. The van der Waals surface area contributed by atoms with E-state index in [1.807, 2.05) is 30.3 Å². The topological polar surface area (TPSA) is 26.3 Å². The molecule has 0 N–H and O–H groups in total. The summed E-state index contributed by atoms with van der Waals surface area (Å²) in [5.41, 5.74) is 0.652. The van der Waals surface area contributed by atoms with E-state index in [0.29, 0.717) is 5.56 Å². The number of esters is 1. The Hall–Kier alpha value is -1.02. The second kappa shape index (κ2) is 14.3. The summed E-state index contributed by atoms with van der Waals surface area (Å²) < 4.78 is 5.77. The summed E-state index contributed by atoms with van der Waals surface area (Å²) >= 11 is 5.69. The van der Waals surface area contributed by atoms with E-state index >= 15 is 0 Å². The Morgan fingerprint density at radius 2 is 1.50 bits per heavy atom. The predicted octanol–water partition coefficient (Wildman–Crippen LogP) is 6.76. The molecule has 1 atom stereocenters. The van der Waals surface area contributed by atoms with Crippen LogP contribution in [0.2, 0.25) is 0 Å². The molecule has 0 radical (unpaired) electrons. The van der Waals surface area contributed by atoms with Crippen molar-refractivity contribution < 1.29 is 9.53 Å². The first-order chi connectivity index (χ1) is 11.8. The lowest BCUT2D eigenvalue weighted by Gasteiger charge is -2.18. The standard InChI is InChI=1S/C21H33ClO2/c1-2-3-9-16-20(17-12-6-4-5-7-13-18-22)24-21(23)19-14-10-8-11-15-19/h8,10-11,14-15,20H,2-7,9,12-13,16-18H2,1H3. The van der Waals surface area contributed by atoms with Gasteiger partial charge in [0, 0.05) is 5.88 Å². The van der Waals surface area contributed by atoms with Crippen molar-refractivity contribution in [1.82, 2.24) is 0 Å². The Morgan fingerprint density at radius 1 is 0.917 bits per heavy atom. The molecule has 136 valence electrons. The molecule has 0 saturated heterocycles. The van der Waals surface area contributed by atoms with Gasteiger partial charge in [0.05, 0.1) is 5.56 Å². The fourth-order valence-electron chi connectivity index (χ4n) is 2.85. The molecule has 1 aromatic carbocycles. The van der Waals surface area contributed by atoms with E-state index in [2.05, 4.69) is 6.92 Å². The third kappa shape index (κ3) is 9.97. The first-order valence-electron chi connectivity index (χ1n) is 9.60. The van der Waals surface area contributed by atoms with Crippen LogP contribution in [-0.4, -0.2) is 18.0 Å². The van der Waals surface area contributed by atoms with Crippen molar-refractivity contribution in [1.29, 1.82) is 0 Å². The molecule has 0 aliphatic rings. The van der Waals surface area contributed by atoms with Crippen molar-refractivity contribution in [3.8, 4) is 0 Å². The molecule has 1 aromatic rings. The highest BCUT2D eigenvalue weighted by atomic mass is 35.5. The highest BCUT2D eigenvalue weighted by Crippen LogP contribution is 2.17. The number of hydrogen-bond acceptors (Lipinski definition) is 2. The van der Waals surface area contributed by atoms with Crippen LogP contribution >= 0.6 is 11.6 Å². The molecule has 0 bridgehead atoms. The van der Waals surface area contributed by atoms with Gasteiger partial charge in [0.25, 0.3) is 0 Å². The van der Waals surface area contributed by atoms with Crippen molar-refractivity contribution in [2.24, 2.45) is 0 Å². The number of rotatable bonds is 14. The lowest BCUT2D eigenvalue weighted by atomic mass is 10.0. The molecule has 2 nitrogen and oxygen atoms in total. The van der Waals surface area contributed by atoms with Crippen LogP contribution in [0.25, 0.3) is 0 Å². The van der Waals surface area contributed by atoms with Crippen molar-refractivity contribution >= 4 is 17.6 Å². The molecule has 1 rings (SSSR count). The molecule has 0 aliphatic heterocycles. The maximum atomic E-state index is 12.3. The SMILES string of the molecule is CCCCCC(CCCCCCCCCl)OC(=O)c1ccccc1. The first kappa shape index (κ1) is 21.0. The van der Waals surface area contributed by atoms with Crippen LogP contribution in [0, 0.1) is 0 Å². The molecule has 0 spiro atoms. The Balaban J connectivity index is 2.32. The molecule has 0 heterocycles. The zero-order valence-electron chi connectivity index (χ0n) is 15.1. The summed E-state index contributed by atoms with van der Waals surface area (Å²) in [5.74, 6) is 0.591. The van der Waals surface area contributed by atoms with E-state index in [4.69, 9.17) is 16.3 Å². The molecule has 3 heteroatoms. The number of halogens is 1. The van der Waals surface area contributed by atoms with Crippen LogP contribution < -0.4 is 0 Å². The molecule has 0 fully saturated rings. The highest BCUT2D eigenvalue weighted by Gasteiger charge is 2.15. The van der Waals surface area contributed by atoms with Gasteiger partial charge in [0.2, 0.25) is 0 Å². The third-order valence-corrected chi connectivity index (χ3v) is 4.59. The summed E-state index contributed by atoms with van der Waals surface area (Å²) in [4.78, 5) is 12.3. The predicted molar refractivity (Wildman–Crippen MR) is 103 cm³/mol. The van der Waals surface area contributed by atoms with Crippen LogP contribution in [0.15, 0.2) is 30.3 Å². The fourth-order valence-corrected chi connectivity index (χ4v) is 3.04. The normalized spacial score (nSPS) is 12.1. The number of alkyl halides is 1. The lowest BCUT2D eigenvalue weighted by Crippen LogP contribution is -2.18. The van der Waals surface area contributed by atoms with Gasteiger partial charge >= 0.3 is 5.97 Å². The third-order valence-electron chi connectivity index (χ3n) is 4.32. The van der Waals surface area contributed by atoms with Crippen LogP contribution in [0.4, 0.5) is 0 Å². The summed E-state index contributed by atoms with van der Waals surface area (Å²) in [6.45, 7) is 2.20. The van der Waals surface area contributed by atoms with Crippen LogP contribution in [0.5, 0.6) is 0 Å². The van der Waals surface area contributed by atoms with E-state index < -0.39 is 0 Å². The zero-order valence-corrected chi connectivity index (χ0v) is 15.9. The Kier molecular flexibility index (Phi) is 12.6. The van der Waals surface area contributed by atoms with Gasteiger partial charge in [-0.3, -0.25) is 0 Å². The van der Waals surface area contributed by atoms with E-state index in [9.17, 15) is 4.79 Å². The Bertz CT molecular complexity index is 419. The maximum Gasteiger partial charge on any atom is 0.338 e. The smallest absolute Gasteiger partial charge is 0.338 e. The summed E-state index contributed by atoms with van der Waals surface area (Å²) in [6, 6.07) is 9.32. The second-order valence-electron chi connectivity index (χ2n) is 6.49. The molecule has 0 aliphatic carbocycles. The van der Waals surface area contributed by atoms with E-state index in [0.717, 1.165) is 38.0 Å². The number of hydrogen-bond donors (Lipinski definition) is 0. The molecular formula is C21H33ClO2. The largest absolute Gasteiger partial charge is 0.459 e. The first-order valence-corrected chi connectivity index (χ1v) is 10.1. The Labute approximate surface area is 152 Å². The van der Waals surface area contributed by atoms with Crippen LogP contribution in [0.1, 0.15) is 87.9 Å². The van der Waals surface area contributed by atoms with E-state index in [1.54, 1.807) is 0 Å². The van der Waals surface area contributed by atoms with Crippen molar-refractivity contribution in [2.75, 3.05) is 5.88 Å². The van der Waals surface area contributed by atoms with Gasteiger partial charge in [-0.25, -0.2) is 4.79 Å². The van der Waals surface area contributed by atoms with Gasteiger partial charge < -0.3 is 4.74 Å². The summed E-state index contributed by atoms with van der Waals surface area (Å²) in [7, 11) is 0. The van der Waals surface area contributed by atoms with Gasteiger partial charge in [-0.1, -0.05) is 63.6 Å². The Morgan fingerprint density at radius 3 is 2.12 bits per heavy atom. The van der Waals surface area contributed by atoms with Gasteiger partial charge in [0.15, 0.2) is 0 Å². The zero-order chi connectivity index (χ0) is 17.5. The average molecular weight is 353 g/mol. The average Bonchev–Trinajstić information content (AvgIpc) is 2.61. The monoisotopic (exact) mass is 352 g/mol. The lowest BCUT2D eigenvalue weighted by molar-refractivity contribution is 0.0249. The molecular weight excluding hydrogens is 320 g/mol. The minimum atomic E-state index is -0.181. The molecule has 0 saturated carbocycles. The maximum absolute atomic E-state index is 12.3. The van der Waals surface area contributed by atoms with Crippen LogP contribution in [0.3, 0.4) is 0 Å².